The second-order valence-electron chi connectivity index (χ2n) is 12.6. The van der Waals surface area contributed by atoms with Gasteiger partial charge in [0.1, 0.15) is 6.10 Å². The second kappa shape index (κ2) is 15.4. The molecule has 1 aliphatic heterocycles. The molecule has 49 heavy (non-hydrogen) atoms. The number of hydrogen-bond acceptors (Lipinski definition) is 5. The van der Waals surface area contributed by atoms with Gasteiger partial charge < -0.3 is 20.1 Å². The molecule has 0 bridgehead atoms. The third-order valence-corrected chi connectivity index (χ3v) is 8.90. The number of para-hydroxylation sites is 1. The molecule has 258 valence electrons. The Morgan fingerprint density at radius 3 is 2.35 bits per heavy atom. The summed E-state index contributed by atoms with van der Waals surface area (Å²) in [5.41, 5.74) is 3.29. The van der Waals surface area contributed by atoms with Gasteiger partial charge in [0.05, 0.1) is 35.9 Å². The van der Waals surface area contributed by atoms with Gasteiger partial charge in [-0.3, -0.25) is 14.5 Å². The summed E-state index contributed by atoms with van der Waals surface area (Å²) in [6.07, 6.45) is -5.07. The first-order valence-corrected chi connectivity index (χ1v) is 16.4. The number of aliphatic hydroxyl groups excluding tert-OH is 1. The van der Waals surface area contributed by atoms with Gasteiger partial charge in [0.2, 0.25) is 5.91 Å². The number of nitrogens with one attached hydrogen (secondary N) is 1. The summed E-state index contributed by atoms with van der Waals surface area (Å²) >= 11 is 6.18. The highest BCUT2D eigenvalue weighted by atomic mass is 35.5. The maximum Gasteiger partial charge on any atom is 0.416 e. The number of hydrogen-bond donors (Lipinski definition) is 2. The van der Waals surface area contributed by atoms with E-state index in [1.54, 1.807) is 30.0 Å². The highest BCUT2D eigenvalue weighted by Gasteiger charge is 2.35. The maximum atomic E-state index is 13.8. The Balaban J connectivity index is 1.36. The topological polar surface area (TPSA) is 82.1 Å². The van der Waals surface area contributed by atoms with E-state index in [0.717, 1.165) is 28.8 Å². The predicted molar refractivity (Wildman–Crippen MR) is 185 cm³/mol. The Labute approximate surface area is 289 Å². The van der Waals surface area contributed by atoms with Crippen LogP contribution < -0.4 is 10.1 Å². The van der Waals surface area contributed by atoms with E-state index in [1.807, 2.05) is 38.2 Å². The summed E-state index contributed by atoms with van der Waals surface area (Å²) < 4.78 is 45.6. The molecule has 4 aromatic rings. The Hall–Kier alpha value is -4.38. The minimum Gasteiger partial charge on any atom is -0.486 e. The molecule has 2 amide bonds. The lowest BCUT2D eigenvalue weighted by Gasteiger charge is -2.38. The third kappa shape index (κ3) is 9.00. The molecule has 11 heteroatoms. The Morgan fingerprint density at radius 2 is 1.69 bits per heavy atom. The number of halogens is 4. The molecule has 5 rings (SSSR count). The van der Waals surface area contributed by atoms with Gasteiger partial charge in [0.25, 0.3) is 5.91 Å². The third-order valence-electron chi connectivity index (χ3n) is 8.67. The predicted octanol–water partition coefficient (Wildman–Crippen LogP) is 7.56. The molecular weight excluding hydrogens is 655 g/mol. The highest BCUT2D eigenvalue weighted by molar-refractivity contribution is 6.30. The van der Waals surface area contributed by atoms with E-state index < -0.39 is 29.8 Å². The van der Waals surface area contributed by atoms with Crippen molar-refractivity contribution in [2.24, 2.45) is 5.92 Å². The Morgan fingerprint density at radius 1 is 1.02 bits per heavy atom. The fourth-order valence-corrected chi connectivity index (χ4v) is 6.10. The lowest BCUT2D eigenvalue weighted by atomic mass is 9.98. The lowest BCUT2D eigenvalue weighted by Crippen LogP contribution is -2.49. The van der Waals surface area contributed by atoms with Crippen LogP contribution in [0.4, 0.5) is 18.9 Å². The van der Waals surface area contributed by atoms with E-state index in [2.05, 4.69) is 34.5 Å². The smallest absolute Gasteiger partial charge is 0.416 e. The van der Waals surface area contributed by atoms with E-state index in [1.165, 1.54) is 12.1 Å². The van der Waals surface area contributed by atoms with Crippen LogP contribution in [0, 0.1) is 5.92 Å². The summed E-state index contributed by atoms with van der Waals surface area (Å²) in [6.45, 7) is 4.98. The number of rotatable bonds is 10. The van der Waals surface area contributed by atoms with Crippen LogP contribution in [0.25, 0.3) is 11.1 Å². The average Bonchev–Trinajstić information content (AvgIpc) is 3.06. The molecule has 3 atom stereocenters. The van der Waals surface area contributed by atoms with Crippen LogP contribution in [-0.4, -0.2) is 65.6 Å². The summed E-state index contributed by atoms with van der Waals surface area (Å²) in [4.78, 5) is 30.7. The quantitative estimate of drug-likeness (QED) is 0.179. The minimum atomic E-state index is -4.48. The van der Waals surface area contributed by atoms with Crippen molar-refractivity contribution in [3.05, 3.63) is 118 Å². The molecule has 7 nitrogen and oxygen atoms in total. The maximum absolute atomic E-state index is 13.8. The standard InChI is InChI=1S/C38H39ClF3N3O4/c1-24-20-45(25(2)23-46)37(48)32-8-5-9-33(43-35(47)18-26-12-16-30(17-13-26)38(40,41)42)36(32)49-34(24)22-44(3)21-27-10-14-28(15-11-27)29-6-4-7-31(39)19-29/h4-17,19,24-25,34,46H,18,20-23H2,1-3H3,(H,43,47)/t24-,25+,34-/m1/s1. The number of amides is 2. The van der Waals surface area contributed by atoms with Crippen molar-refractivity contribution in [3.8, 4) is 16.9 Å². The van der Waals surface area contributed by atoms with Crippen LogP contribution in [0.3, 0.4) is 0 Å². The number of likely N-dealkylation sites (N-methyl/N-ethyl adjacent to an activating group) is 1. The Kier molecular flexibility index (Phi) is 11.3. The van der Waals surface area contributed by atoms with Gasteiger partial charge >= 0.3 is 6.18 Å². The van der Waals surface area contributed by atoms with Crippen LogP contribution in [-0.2, 0) is 23.9 Å². The van der Waals surface area contributed by atoms with E-state index in [-0.39, 0.29) is 41.9 Å². The highest BCUT2D eigenvalue weighted by Crippen LogP contribution is 2.35. The van der Waals surface area contributed by atoms with Crippen molar-refractivity contribution in [2.75, 3.05) is 32.1 Å². The molecule has 0 radical (unpaired) electrons. The molecule has 2 N–H and O–H groups in total. The van der Waals surface area contributed by atoms with Gasteiger partial charge in [-0.15, -0.1) is 0 Å². The zero-order chi connectivity index (χ0) is 35.3. The zero-order valence-corrected chi connectivity index (χ0v) is 28.3. The van der Waals surface area contributed by atoms with Crippen molar-refractivity contribution in [1.82, 2.24) is 9.80 Å². The molecule has 0 fully saturated rings. The molecular formula is C38H39ClF3N3O4. The van der Waals surface area contributed by atoms with Gasteiger partial charge in [0, 0.05) is 30.6 Å². The number of nitrogens with zero attached hydrogens (tertiary/aromatic N) is 2. The molecule has 1 aliphatic rings. The van der Waals surface area contributed by atoms with E-state index in [9.17, 15) is 27.9 Å². The van der Waals surface area contributed by atoms with Crippen molar-refractivity contribution >= 4 is 29.1 Å². The van der Waals surface area contributed by atoms with Crippen LogP contribution in [0.5, 0.6) is 5.75 Å². The number of carbonyl (C=O) groups excluding carboxylic acids is 2. The van der Waals surface area contributed by atoms with Crippen LogP contribution >= 0.6 is 11.6 Å². The first kappa shape index (κ1) is 35.9. The molecule has 0 saturated heterocycles. The van der Waals surface area contributed by atoms with Gasteiger partial charge in [0.15, 0.2) is 5.75 Å². The summed E-state index contributed by atoms with van der Waals surface area (Å²) in [5, 5.41) is 13.5. The van der Waals surface area contributed by atoms with Crippen molar-refractivity contribution in [3.63, 3.8) is 0 Å². The normalized spacial score (nSPS) is 17.2. The average molecular weight is 694 g/mol. The van der Waals surface area contributed by atoms with Gasteiger partial charge in [-0.05, 0) is 72.6 Å². The summed E-state index contributed by atoms with van der Waals surface area (Å²) in [7, 11) is 1.98. The molecule has 0 unspecified atom stereocenters. The van der Waals surface area contributed by atoms with Crippen LogP contribution in [0.2, 0.25) is 5.02 Å². The molecule has 0 spiro atoms. The molecule has 4 aromatic carbocycles. The second-order valence-corrected chi connectivity index (χ2v) is 13.1. The SMILES string of the molecule is C[C@@H]1CN([C@@H](C)CO)C(=O)c2cccc(NC(=O)Cc3ccc(C(F)(F)F)cc3)c2O[C@@H]1CN(C)Cc1ccc(-c2cccc(Cl)c2)cc1. The van der Waals surface area contributed by atoms with E-state index >= 15 is 0 Å². The number of carbonyl (C=O) groups is 2. The Bertz CT molecular complexity index is 1770. The van der Waals surface area contributed by atoms with Crippen LogP contribution in [0.1, 0.15) is 40.9 Å². The molecule has 1 heterocycles. The number of alkyl halides is 3. The van der Waals surface area contributed by atoms with Gasteiger partial charge in [-0.25, -0.2) is 0 Å². The summed E-state index contributed by atoms with van der Waals surface area (Å²) in [5.74, 6) is -0.766. The van der Waals surface area contributed by atoms with Crippen LogP contribution in [0.15, 0.2) is 91.0 Å². The monoisotopic (exact) mass is 693 g/mol. The molecule has 0 aromatic heterocycles. The molecule has 0 saturated carbocycles. The molecule has 0 aliphatic carbocycles. The van der Waals surface area contributed by atoms with Crippen molar-refractivity contribution in [2.45, 2.75) is 45.1 Å². The van der Waals surface area contributed by atoms with E-state index in [4.69, 9.17) is 16.3 Å². The minimum absolute atomic E-state index is 0.158. The largest absolute Gasteiger partial charge is 0.486 e. The number of benzene rings is 4. The number of ether oxygens (including phenoxy) is 1. The summed E-state index contributed by atoms with van der Waals surface area (Å²) in [6, 6.07) is 24.8. The number of aliphatic hydroxyl groups is 1. The number of anilines is 1. The van der Waals surface area contributed by atoms with Gasteiger partial charge in [-0.2, -0.15) is 13.2 Å². The van der Waals surface area contributed by atoms with Crippen molar-refractivity contribution < 1.29 is 32.6 Å². The van der Waals surface area contributed by atoms with Crippen molar-refractivity contribution in [1.29, 1.82) is 0 Å². The fraction of sp³-hybridized carbons (Fsp3) is 0.316. The first-order chi connectivity index (χ1) is 23.3. The zero-order valence-electron chi connectivity index (χ0n) is 27.5. The lowest BCUT2D eigenvalue weighted by molar-refractivity contribution is -0.137. The van der Waals surface area contributed by atoms with Gasteiger partial charge in [-0.1, -0.05) is 73.1 Å². The fourth-order valence-electron chi connectivity index (χ4n) is 5.91. The number of fused-ring (bicyclic) bond motifs is 1. The van der Waals surface area contributed by atoms with E-state index in [0.29, 0.717) is 30.2 Å². The first-order valence-electron chi connectivity index (χ1n) is 16.0.